The zero-order valence-electron chi connectivity index (χ0n) is 13.1. The smallest absolute Gasteiger partial charge is 0.156 e. The van der Waals surface area contributed by atoms with Crippen molar-refractivity contribution in [3.63, 3.8) is 0 Å². The van der Waals surface area contributed by atoms with Gasteiger partial charge in [0.25, 0.3) is 0 Å². The van der Waals surface area contributed by atoms with Crippen LogP contribution in [0.5, 0.6) is 5.75 Å². The number of benzene rings is 2. The van der Waals surface area contributed by atoms with Crippen LogP contribution in [0.15, 0.2) is 49.1 Å². The van der Waals surface area contributed by atoms with Crippen molar-refractivity contribution in [2.45, 2.75) is 0 Å². The maximum atomic E-state index is 9.50. The Morgan fingerprint density at radius 3 is 2.64 bits per heavy atom. The van der Waals surface area contributed by atoms with Gasteiger partial charge in [0.05, 0.1) is 26.7 Å². The van der Waals surface area contributed by atoms with Gasteiger partial charge in [-0.15, -0.1) is 0 Å². The summed E-state index contributed by atoms with van der Waals surface area (Å²) in [6.07, 6.45) is 3.28. The Bertz CT molecular complexity index is 959. The first-order chi connectivity index (χ1) is 12.1. The molecule has 0 aliphatic heterocycles. The van der Waals surface area contributed by atoms with Gasteiger partial charge in [0.15, 0.2) is 5.75 Å². The van der Waals surface area contributed by atoms with Crippen molar-refractivity contribution < 1.29 is 4.74 Å². The average molecular weight is 370 g/mol. The number of H-pyrrole nitrogens is 1. The summed E-state index contributed by atoms with van der Waals surface area (Å²) in [5.74, 6) is 0.880. The summed E-state index contributed by atoms with van der Waals surface area (Å²) in [5.41, 5.74) is 2.71. The molecule has 0 unspecified atom stereocenters. The van der Waals surface area contributed by atoms with Crippen molar-refractivity contribution in [2.75, 3.05) is 6.61 Å². The van der Waals surface area contributed by atoms with Crippen LogP contribution in [-0.2, 0) is 0 Å². The minimum atomic E-state index is 0.303. The number of para-hydroxylation sites is 2. The molecule has 0 atom stereocenters. The van der Waals surface area contributed by atoms with Crippen LogP contribution in [0.25, 0.3) is 22.7 Å². The third kappa shape index (κ3) is 3.69. The lowest BCUT2D eigenvalue weighted by molar-refractivity contribution is 0.363. The first kappa shape index (κ1) is 17.1. The first-order valence-corrected chi connectivity index (χ1v) is 8.17. The van der Waals surface area contributed by atoms with E-state index < -0.39 is 0 Å². The highest BCUT2D eigenvalue weighted by Crippen LogP contribution is 2.35. The maximum Gasteiger partial charge on any atom is 0.156 e. The second-order valence-corrected chi connectivity index (χ2v) is 6.00. The van der Waals surface area contributed by atoms with Gasteiger partial charge in [-0.2, -0.15) is 5.26 Å². The van der Waals surface area contributed by atoms with E-state index >= 15 is 0 Å². The Labute approximate surface area is 155 Å². The first-order valence-electron chi connectivity index (χ1n) is 7.42. The highest BCUT2D eigenvalue weighted by molar-refractivity contribution is 6.37. The van der Waals surface area contributed by atoms with Crippen LogP contribution in [0, 0.1) is 11.3 Å². The van der Waals surface area contributed by atoms with Crippen molar-refractivity contribution >= 4 is 45.9 Å². The van der Waals surface area contributed by atoms with Gasteiger partial charge in [-0.1, -0.05) is 48.0 Å². The standard InChI is InChI=1S/C19H13Cl2N3O/c1-2-7-25-18-14(20)9-12(10-15(18)21)8-13(11-22)19-23-16-5-3-4-6-17(16)24-19/h2-6,8-10H,1,7H2,(H,23,24)/b13-8+. The van der Waals surface area contributed by atoms with E-state index in [1.165, 1.54) is 0 Å². The van der Waals surface area contributed by atoms with Crippen LogP contribution in [0.1, 0.15) is 11.4 Å². The van der Waals surface area contributed by atoms with Crippen LogP contribution in [0.2, 0.25) is 10.0 Å². The van der Waals surface area contributed by atoms with Gasteiger partial charge in [-0.3, -0.25) is 0 Å². The monoisotopic (exact) mass is 369 g/mol. The topological polar surface area (TPSA) is 61.7 Å². The van der Waals surface area contributed by atoms with Crippen LogP contribution in [-0.4, -0.2) is 16.6 Å². The highest BCUT2D eigenvalue weighted by atomic mass is 35.5. The molecule has 0 spiro atoms. The van der Waals surface area contributed by atoms with E-state index in [1.54, 1.807) is 24.3 Å². The number of halogens is 2. The number of aromatic nitrogens is 2. The second kappa shape index (κ2) is 7.43. The molecule has 0 bridgehead atoms. The molecule has 0 fully saturated rings. The fourth-order valence-electron chi connectivity index (χ4n) is 2.34. The summed E-state index contributed by atoms with van der Waals surface area (Å²) in [6.45, 7) is 3.89. The van der Waals surface area contributed by atoms with E-state index in [0.29, 0.717) is 39.4 Å². The highest BCUT2D eigenvalue weighted by Gasteiger charge is 2.11. The summed E-state index contributed by atoms with van der Waals surface area (Å²) >= 11 is 12.5. The number of imidazole rings is 1. The maximum absolute atomic E-state index is 9.50. The van der Waals surface area contributed by atoms with Gasteiger partial charge in [-0.25, -0.2) is 4.98 Å². The summed E-state index contributed by atoms with van der Waals surface area (Å²) in [6, 6.07) is 13.1. The number of rotatable bonds is 5. The number of nitriles is 1. The summed E-state index contributed by atoms with van der Waals surface area (Å²) in [5, 5.41) is 10.2. The minimum Gasteiger partial charge on any atom is -0.486 e. The van der Waals surface area contributed by atoms with Crippen LogP contribution in [0.3, 0.4) is 0 Å². The Morgan fingerprint density at radius 1 is 1.28 bits per heavy atom. The van der Waals surface area contributed by atoms with Gasteiger partial charge in [0.2, 0.25) is 0 Å². The molecule has 1 heterocycles. The SMILES string of the molecule is C=CCOc1c(Cl)cc(/C=C(\C#N)c2nc3ccccc3[nH]2)cc1Cl. The number of aromatic amines is 1. The molecule has 1 N–H and O–H groups in total. The number of nitrogens with one attached hydrogen (secondary N) is 1. The lowest BCUT2D eigenvalue weighted by Crippen LogP contribution is -1.95. The normalized spacial score (nSPS) is 11.3. The molecule has 3 rings (SSSR count). The molecule has 3 aromatic rings. The van der Waals surface area contributed by atoms with E-state index in [0.717, 1.165) is 11.0 Å². The van der Waals surface area contributed by atoms with Crippen LogP contribution >= 0.6 is 23.2 Å². The second-order valence-electron chi connectivity index (χ2n) is 5.19. The fourth-order valence-corrected chi connectivity index (χ4v) is 2.96. The Hall–Kier alpha value is -2.74. The molecule has 0 saturated heterocycles. The zero-order chi connectivity index (χ0) is 17.8. The van der Waals surface area contributed by atoms with E-state index in [1.807, 2.05) is 24.3 Å². The van der Waals surface area contributed by atoms with Gasteiger partial charge in [0.1, 0.15) is 18.5 Å². The van der Waals surface area contributed by atoms with Crippen LogP contribution in [0.4, 0.5) is 0 Å². The predicted molar refractivity (Wildman–Crippen MR) is 102 cm³/mol. The van der Waals surface area contributed by atoms with Crippen molar-refractivity contribution in [3.8, 4) is 11.8 Å². The molecule has 0 radical (unpaired) electrons. The van der Waals surface area contributed by atoms with Crippen molar-refractivity contribution in [3.05, 3.63) is 70.5 Å². The molecule has 124 valence electrons. The van der Waals surface area contributed by atoms with E-state index in [9.17, 15) is 5.26 Å². The number of hydrogen-bond donors (Lipinski definition) is 1. The lowest BCUT2D eigenvalue weighted by Gasteiger charge is -2.09. The van der Waals surface area contributed by atoms with Crippen LogP contribution < -0.4 is 4.74 Å². The van der Waals surface area contributed by atoms with Gasteiger partial charge in [0, 0.05) is 0 Å². The molecular weight excluding hydrogens is 357 g/mol. The third-order valence-electron chi connectivity index (χ3n) is 3.44. The van der Waals surface area contributed by atoms with Gasteiger partial charge < -0.3 is 9.72 Å². The minimum absolute atomic E-state index is 0.303. The molecule has 0 amide bonds. The molecule has 0 saturated carbocycles. The zero-order valence-corrected chi connectivity index (χ0v) is 14.6. The quantitative estimate of drug-likeness (QED) is 0.477. The lowest BCUT2D eigenvalue weighted by atomic mass is 10.1. The molecule has 2 aromatic carbocycles. The largest absolute Gasteiger partial charge is 0.486 e. The molecular formula is C19H13Cl2N3O. The number of fused-ring (bicyclic) bond motifs is 1. The molecule has 25 heavy (non-hydrogen) atoms. The molecule has 1 aromatic heterocycles. The molecule has 4 nitrogen and oxygen atoms in total. The van der Waals surface area contributed by atoms with E-state index in [2.05, 4.69) is 22.6 Å². The van der Waals surface area contributed by atoms with Crippen molar-refractivity contribution in [1.29, 1.82) is 5.26 Å². The molecule has 0 aliphatic carbocycles. The van der Waals surface area contributed by atoms with Gasteiger partial charge >= 0.3 is 0 Å². The van der Waals surface area contributed by atoms with Gasteiger partial charge in [-0.05, 0) is 35.9 Å². The Kier molecular flexibility index (Phi) is 5.08. The number of ether oxygens (including phenoxy) is 1. The Morgan fingerprint density at radius 2 is 2.00 bits per heavy atom. The predicted octanol–water partition coefficient (Wildman–Crippen LogP) is 5.50. The van der Waals surface area contributed by atoms with E-state index in [-0.39, 0.29) is 0 Å². The summed E-state index contributed by atoms with van der Waals surface area (Å²) in [4.78, 5) is 7.57. The van der Waals surface area contributed by atoms with Crippen molar-refractivity contribution in [1.82, 2.24) is 9.97 Å². The number of hydrogen-bond acceptors (Lipinski definition) is 3. The number of allylic oxidation sites excluding steroid dienone is 1. The third-order valence-corrected chi connectivity index (χ3v) is 4.00. The number of nitrogens with zero attached hydrogens (tertiary/aromatic N) is 2. The molecule has 6 heteroatoms. The average Bonchev–Trinajstić information content (AvgIpc) is 3.03. The Balaban J connectivity index is 2.00. The fraction of sp³-hybridized carbons (Fsp3) is 0.0526. The molecule has 0 aliphatic rings. The van der Waals surface area contributed by atoms with E-state index in [4.69, 9.17) is 27.9 Å². The summed E-state index contributed by atoms with van der Waals surface area (Å²) in [7, 11) is 0. The van der Waals surface area contributed by atoms with Crippen molar-refractivity contribution in [2.24, 2.45) is 0 Å². The summed E-state index contributed by atoms with van der Waals surface area (Å²) < 4.78 is 5.44.